The minimum absolute atomic E-state index is 0. The Morgan fingerprint density at radius 3 is 2.61 bits per heavy atom. The van der Waals surface area contributed by atoms with E-state index in [1.54, 1.807) is 22.9 Å². The zero-order chi connectivity index (χ0) is 19.2. The van der Waals surface area contributed by atoms with Crippen molar-refractivity contribution in [3.8, 4) is 5.75 Å². The fourth-order valence-electron chi connectivity index (χ4n) is 3.00. The van der Waals surface area contributed by atoms with E-state index in [-0.39, 0.29) is 29.9 Å². The predicted octanol–water partition coefficient (Wildman–Crippen LogP) is 1.86. The second kappa shape index (κ2) is 10.3. The van der Waals surface area contributed by atoms with E-state index in [1.165, 1.54) is 0 Å². The first-order chi connectivity index (χ1) is 13.1. The summed E-state index contributed by atoms with van der Waals surface area (Å²) in [5.41, 5.74) is 1.92. The van der Waals surface area contributed by atoms with Gasteiger partial charge in [-0.3, -0.25) is 9.48 Å². The molecule has 0 bridgehead atoms. The van der Waals surface area contributed by atoms with Crippen LogP contribution in [0.2, 0.25) is 0 Å². The highest BCUT2D eigenvalue weighted by atomic mass is 127. The lowest BCUT2D eigenvalue weighted by atomic mass is 10.2. The summed E-state index contributed by atoms with van der Waals surface area (Å²) >= 11 is 0. The molecule has 1 aromatic heterocycles. The number of amides is 1. The van der Waals surface area contributed by atoms with Gasteiger partial charge >= 0.3 is 0 Å². The highest BCUT2D eigenvalue weighted by Gasteiger charge is 2.27. The van der Waals surface area contributed by atoms with Crippen molar-refractivity contribution in [3.05, 3.63) is 42.2 Å². The molecule has 2 heterocycles. The van der Waals surface area contributed by atoms with Crippen LogP contribution in [-0.4, -0.2) is 59.8 Å². The maximum Gasteiger partial charge on any atom is 0.246 e. The zero-order valence-electron chi connectivity index (χ0n) is 16.5. The lowest BCUT2D eigenvalue weighted by Gasteiger charge is -2.35. The van der Waals surface area contributed by atoms with Crippen molar-refractivity contribution >= 4 is 41.5 Å². The van der Waals surface area contributed by atoms with Gasteiger partial charge in [0.25, 0.3) is 0 Å². The van der Waals surface area contributed by atoms with E-state index in [1.807, 2.05) is 49.3 Å². The smallest absolute Gasteiger partial charge is 0.246 e. The van der Waals surface area contributed by atoms with Gasteiger partial charge in [0, 0.05) is 32.9 Å². The molecular weight excluding hydrogens is 471 g/mol. The number of nitrogens with one attached hydrogen (secondary N) is 1. The molecule has 28 heavy (non-hydrogen) atoms. The molecule has 1 amide bonds. The van der Waals surface area contributed by atoms with Crippen molar-refractivity contribution in [1.29, 1.82) is 0 Å². The van der Waals surface area contributed by atoms with Gasteiger partial charge in [-0.1, -0.05) is 12.1 Å². The van der Waals surface area contributed by atoms with Gasteiger partial charge in [0.1, 0.15) is 12.3 Å². The van der Waals surface area contributed by atoms with E-state index < -0.39 is 0 Å². The van der Waals surface area contributed by atoms with E-state index in [2.05, 4.69) is 10.4 Å². The number of piperazine rings is 1. The second-order valence-electron chi connectivity index (χ2n) is 6.36. The standard InChI is InChI=1S/C19H26N6O2.HI/c1-4-20-19(21-11-15-5-7-17(27-3)8-6-15)24-9-10-25(18(26)14-24)16-12-22-23(2)13-16;/h5-8,12-13H,4,9-11,14H2,1-3H3,(H,20,21);1H. The Balaban J connectivity index is 0.00000280. The van der Waals surface area contributed by atoms with Crippen LogP contribution in [0.3, 0.4) is 0 Å². The first-order valence-corrected chi connectivity index (χ1v) is 9.06. The van der Waals surface area contributed by atoms with E-state index in [9.17, 15) is 4.79 Å². The van der Waals surface area contributed by atoms with Crippen molar-refractivity contribution in [1.82, 2.24) is 20.0 Å². The van der Waals surface area contributed by atoms with Crippen LogP contribution in [0.4, 0.5) is 5.69 Å². The lowest BCUT2D eigenvalue weighted by Crippen LogP contribution is -2.55. The van der Waals surface area contributed by atoms with Crippen LogP contribution in [0.25, 0.3) is 0 Å². The fraction of sp³-hybridized carbons (Fsp3) is 0.421. The van der Waals surface area contributed by atoms with E-state index in [4.69, 9.17) is 9.73 Å². The molecule has 0 unspecified atom stereocenters. The summed E-state index contributed by atoms with van der Waals surface area (Å²) in [5, 5.41) is 7.44. The summed E-state index contributed by atoms with van der Waals surface area (Å²) in [5.74, 6) is 1.63. The minimum atomic E-state index is 0. The molecule has 1 saturated heterocycles. The number of hydrogen-bond donors (Lipinski definition) is 1. The number of ether oxygens (including phenoxy) is 1. The Morgan fingerprint density at radius 2 is 2.04 bits per heavy atom. The van der Waals surface area contributed by atoms with Crippen molar-refractivity contribution in [2.45, 2.75) is 13.5 Å². The Morgan fingerprint density at radius 1 is 1.29 bits per heavy atom. The summed E-state index contributed by atoms with van der Waals surface area (Å²) < 4.78 is 6.89. The summed E-state index contributed by atoms with van der Waals surface area (Å²) in [6.45, 7) is 4.94. The number of carbonyl (C=O) groups is 1. The van der Waals surface area contributed by atoms with Gasteiger partial charge < -0.3 is 19.9 Å². The number of benzene rings is 1. The quantitative estimate of drug-likeness (QED) is 0.387. The minimum Gasteiger partial charge on any atom is -0.497 e. The Bertz CT molecular complexity index is 805. The largest absolute Gasteiger partial charge is 0.497 e. The predicted molar refractivity (Wildman–Crippen MR) is 120 cm³/mol. The van der Waals surface area contributed by atoms with Gasteiger partial charge in [0.05, 0.1) is 25.5 Å². The SMILES string of the molecule is CCNC(=NCc1ccc(OC)cc1)N1CCN(c2cnn(C)c2)C(=O)C1.I. The summed E-state index contributed by atoms with van der Waals surface area (Å²) in [6.07, 6.45) is 3.58. The van der Waals surface area contributed by atoms with Crippen molar-refractivity contribution in [2.24, 2.45) is 12.0 Å². The topological polar surface area (TPSA) is 75.0 Å². The fourth-order valence-corrected chi connectivity index (χ4v) is 3.00. The molecule has 0 spiro atoms. The molecule has 9 heteroatoms. The molecule has 152 valence electrons. The third-order valence-electron chi connectivity index (χ3n) is 4.43. The highest BCUT2D eigenvalue weighted by molar-refractivity contribution is 14.0. The maximum absolute atomic E-state index is 12.6. The second-order valence-corrected chi connectivity index (χ2v) is 6.36. The van der Waals surface area contributed by atoms with Crippen LogP contribution in [0.5, 0.6) is 5.75 Å². The van der Waals surface area contributed by atoms with E-state index >= 15 is 0 Å². The number of aliphatic imine (C=N–C) groups is 1. The summed E-state index contributed by atoms with van der Waals surface area (Å²) in [4.78, 5) is 21.1. The van der Waals surface area contributed by atoms with E-state index in [0.29, 0.717) is 19.6 Å². The Kier molecular flexibility index (Phi) is 8.09. The van der Waals surface area contributed by atoms with Crippen LogP contribution in [0.15, 0.2) is 41.7 Å². The average molecular weight is 498 g/mol. The first kappa shape index (κ1) is 22.0. The molecule has 1 aliphatic rings. The van der Waals surface area contributed by atoms with Gasteiger partial charge in [-0.15, -0.1) is 24.0 Å². The van der Waals surface area contributed by atoms with Crippen molar-refractivity contribution in [2.75, 3.05) is 38.2 Å². The number of rotatable bonds is 5. The van der Waals surface area contributed by atoms with Crippen LogP contribution in [-0.2, 0) is 18.4 Å². The number of nitrogens with zero attached hydrogens (tertiary/aromatic N) is 5. The molecule has 1 aromatic carbocycles. The van der Waals surface area contributed by atoms with E-state index in [0.717, 1.165) is 36.0 Å². The van der Waals surface area contributed by atoms with Crippen LogP contribution >= 0.6 is 24.0 Å². The molecule has 1 aliphatic heterocycles. The van der Waals surface area contributed by atoms with Gasteiger partial charge in [-0.2, -0.15) is 5.10 Å². The molecule has 0 radical (unpaired) electrons. The third kappa shape index (κ3) is 5.37. The number of aromatic nitrogens is 2. The number of carbonyl (C=O) groups excluding carboxylic acids is 1. The molecule has 8 nitrogen and oxygen atoms in total. The molecule has 0 saturated carbocycles. The van der Waals surface area contributed by atoms with Gasteiger partial charge in [-0.05, 0) is 24.6 Å². The number of methoxy groups -OCH3 is 1. The molecule has 0 atom stereocenters. The van der Waals surface area contributed by atoms with Crippen LogP contribution in [0, 0.1) is 0 Å². The molecule has 2 aromatic rings. The lowest BCUT2D eigenvalue weighted by molar-refractivity contribution is -0.120. The van der Waals surface area contributed by atoms with Gasteiger partial charge in [0.2, 0.25) is 5.91 Å². The van der Waals surface area contributed by atoms with Crippen molar-refractivity contribution in [3.63, 3.8) is 0 Å². The number of anilines is 1. The number of halogens is 1. The average Bonchev–Trinajstić information content (AvgIpc) is 3.11. The highest BCUT2D eigenvalue weighted by Crippen LogP contribution is 2.16. The van der Waals surface area contributed by atoms with Gasteiger partial charge in [0.15, 0.2) is 5.96 Å². The third-order valence-corrected chi connectivity index (χ3v) is 4.43. The Labute approximate surface area is 182 Å². The number of guanidine groups is 1. The van der Waals surface area contributed by atoms with Crippen LogP contribution in [0.1, 0.15) is 12.5 Å². The van der Waals surface area contributed by atoms with Crippen LogP contribution < -0.4 is 15.0 Å². The maximum atomic E-state index is 12.6. The molecule has 0 aliphatic carbocycles. The number of hydrogen-bond acceptors (Lipinski definition) is 4. The van der Waals surface area contributed by atoms with Gasteiger partial charge in [-0.25, -0.2) is 4.99 Å². The molecule has 3 rings (SSSR count). The monoisotopic (exact) mass is 498 g/mol. The zero-order valence-corrected chi connectivity index (χ0v) is 18.8. The summed E-state index contributed by atoms with van der Waals surface area (Å²) in [7, 11) is 3.50. The molecular formula is C19H27IN6O2. The van der Waals surface area contributed by atoms with Crippen molar-refractivity contribution < 1.29 is 9.53 Å². The number of aryl methyl sites for hydroxylation is 1. The Hall–Kier alpha value is -2.30. The first-order valence-electron chi connectivity index (χ1n) is 9.06. The summed E-state index contributed by atoms with van der Waals surface area (Å²) in [6, 6.07) is 7.84. The normalized spacial score (nSPS) is 14.7. The molecule has 1 N–H and O–H groups in total. The molecule has 1 fully saturated rings.